The fraction of sp³-hybridized carbons (Fsp3) is 0.455. The Balaban J connectivity index is 2.56. The van der Waals surface area contributed by atoms with E-state index in [0.717, 1.165) is 18.6 Å². The molecule has 13 heavy (non-hydrogen) atoms. The van der Waals surface area contributed by atoms with Gasteiger partial charge in [0.2, 0.25) is 0 Å². The molecule has 1 rings (SSSR count). The fourth-order valence-corrected chi connectivity index (χ4v) is 1.14. The van der Waals surface area contributed by atoms with Crippen LogP contribution in [-0.4, -0.2) is 13.7 Å². The summed E-state index contributed by atoms with van der Waals surface area (Å²) in [6.07, 6.45) is 0.785. The minimum Gasteiger partial charge on any atom is -0.352 e. The Hall–Kier alpha value is -0.860. The van der Waals surface area contributed by atoms with E-state index in [4.69, 9.17) is 9.47 Å². The summed E-state index contributed by atoms with van der Waals surface area (Å²) in [6, 6.07) is 9.96. The van der Waals surface area contributed by atoms with E-state index in [-0.39, 0.29) is 6.29 Å². The average Bonchev–Trinajstić information content (AvgIpc) is 2.21. The van der Waals surface area contributed by atoms with Crippen molar-refractivity contribution in [3.05, 3.63) is 35.9 Å². The van der Waals surface area contributed by atoms with Crippen molar-refractivity contribution in [2.75, 3.05) is 13.7 Å². The van der Waals surface area contributed by atoms with Crippen LogP contribution in [0.15, 0.2) is 30.3 Å². The zero-order valence-electron chi connectivity index (χ0n) is 8.19. The van der Waals surface area contributed by atoms with Gasteiger partial charge >= 0.3 is 0 Å². The molecule has 0 amide bonds. The minimum atomic E-state index is -0.221. The van der Waals surface area contributed by atoms with Crippen molar-refractivity contribution in [1.29, 1.82) is 0 Å². The van der Waals surface area contributed by atoms with Crippen molar-refractivity contribution >= 4 is 0 Å². The topological polar surface area (TPSA) is 18.5 Å². The number of benzene rings is 1. The third-order valence-corrected chi connectivity index (χ3v) is 1.76. The molecule has 1 aromatic rings. The van der Waals surface area contributed by atoms with Gasteiger partial charge in [-0.25, -0.2) is 0 Å². The largest absolute Gasteiger partial charge is 0.352 e. The Morgan fingerprint density at radius 1 is 1.23 bits per heavy atom. The highest BCUT2D eigenvalue weighted by molar-refractivity contribution is 5.15. The summed E-state index contributed by atoms with van der Waals surface area (Å²) in [5, 5.41) is 0. The number of ether oxygens (including phenoxy) is 2. The molecule has 0 aliphatic rings. The summed E-state index contributed by atoms with van der Waals surface area (Å²) in [5.74, 6) is 0. The second kappa shape index (κ2) is 5.73. The van der Waals surface area contributed by atoms with Crippen LogP contribution in [0.25, 0.3) is 0 Å². The molecule has 0 radical (unpaired) electrons. The molecule has 2 heteroatoms. The minimum absolute atomic E-state index is 0.221. The average molecular weight is 180 g/mol. The summed E-state index contributed by atoms with van der Waals surface area (Å²) >= 11 is 0. The summed E-state index contributed by atoms with van der Waals surface area (Å²) in [7, 11) is 1.66. The summed E-state index contributed by atoms with van der Waals surface area (Å²) in [5.41, 5.74) is 1.07. The highest BCUT2D eigenvalue weighted by Crippen LogP contribution is 2.17. The van der Waals surface area contributed by atoms with Crippen molar-refractivity contribution in [1.82, 2.24) is 0 Å². The van der Waals surface area contributed by atoms with Crippen LogP contribution in [0.5, 0.6) is 0 Å². The first-order chi connectivity index (χ1) is 6.38. The van der Waals surface area contributed by atoms with Gasteiger partial charge in [-0.1, -0.05) is 37.3 Å². The Labute approximate surface area is 79.5 Å². The Kier molecular flexibility index (Phi) is 4.50. The fourth-order valence-electron chi connectivity index (χ4n) is 1.14. The van der Waals surface area contributed by atoms with Gasteiger partial charge < -0.3 is 9.47 Å². The molecule has 0 spiro atoms. The maximum atomic E-state index is 5.50. The third kappa shape index (κ3) is 3.17. The molecule has 0 heterocycles. The molecule has 0 aliphatic heterocycles. The smallest absolute Gasteiger partial charge is 0.183 e. The van der Waals surface area contributed by atoms with Crippen LogP contribution in [0.2, 0.25) is 0 Å². The number of methoxy groups -OCH3 is 1. The molecule has 0 unspecified atom stereocenters. The lowest BCUT2D eigenvalue weighted by atomic mass is 10.2. The predicted molar refractivity (Wildman–Crippen MR) is 52.4 cm³/mol. The summed E-state index contributed by atoms with van der Waals surface area (Å²) in [4.78, 5) is 0. The van der Waals surface area contributed by atoms with Gasteiger partial charge in [0.25, 0.3) is 0 Å². The second-order valence-electron chi connectivity index (χ2n) is 2.85. The van der Waals surface area contributed by atoms with Gasteiger partial charge in [0, 0.05) is 19.3 Å². The van der Waals surface area contributed by atoms with Crippen molar-refractivity contribution < 1.29 is 9.47 Å². The van der Waals surface area contributed by atoms with Crippen LogP contribution < -0.4 is 0 Å². The summed E-state index contributed by atoms with van der Waals surface area (Å²) in [6.45, 7) is 2.81. The molecule has 1 aromatic carbocycles. The Bertz CT molecular complexity index is 221. The standard InChI is InChI=1S/C11H16O2/c1-3-9-13-11(12-2)10-7-5-4-6-8-10/h4-8,11H,3,9H2,1-2H3/t11-/m1/s1. The zero-order chi connectivity index (χ0) is 9.52. The van der Waals surface area contributed by atoms with E-state index in [0.29, 0.717) is 0 Å². The van der Waals surface area contributed by atoms with E-state index in [1.807, 2.05) is 30.3 Å². The molecular formula is C11H16O2. The van der Waals surface area contributed by atoms with Crippen LogP contribution in [0, 0.1) is 0 Å². The number of hydrogen-bond acceptors (Lipinski definition) is 2. The molecule has 0 saturated heterocycles. The van der Waals surface area contributed by atoms with Crippen LogP contribution in [0.3, 0.4) is 0 Å². The lowest BCUT2D eigenvalue weighted by Gasteiger charge is -2.15. The highest BCUT2D eigenvalue weighted by atomic mass is 16.7. The van der Waals surface area contributed by atoms with Crippen molar-refractivity contribution in [3.8, 4) is 0 Å². The van der Waals surface area contributed by atoms with Crippen LogP contribution in [0.1, 0.15) is 25.2 Å². The molecule has 1 atom stereocenters. The number of hydrogen-bond donors (Lipinski definition) is 0. The first-order valence-electron chi connectivity index (χ1n) is 4.57. The van der Waals surface area contributed by atoms with E-state index in [1.54, 1.807) is 7.11 Å². The van der Waals surface area contributed by atoms with E-state index < -0.39 is 0 Å². The van der Waals surface area contributed by atoms with Gasteiger partial charge in [0.05, 0.1) is 0 Å². The lowest BCUT2D eigenvalue weighted by molar-refractivity contribution is -0.127. The Morgan fingerprint density at radius 3 is 2.46 bits per heavy atom. The van der Waals surface area contributed by atoms with Crippen LogP contribution in [-0.2, 0) is 9.47 Å². The van der Waals surface area contributed by atoms with Gasteiger partial charge in [-0.15, -0.1) is 0 Å². The van der Waals surface area contributed by atoms with Gasteiger partial charge in [-0.2, -0.15) is 0 Å². The lowest BCUT2D eigenvalue weighted by Crippen LogP contribution is -2.06. The third-order valence-electron chi connectivity index (χ3n) is 1.76. The first kappa shape index (κ1) is 10.2. The van der Waals surface area contributed by atoms with Gasteiger partial charge in [0.1, 0.15) is 0 Å². The Morgan fingerprint density at radius 2 is 1.92 bits per heavy atom. The molecular weight excluding hydrogens is 164 g/mol. The van der Waals surface area contributed by atoms with Crippen molar-refractivity contribution in [2.45, 2.75) is 19.6 Å². The van der Waals surface area contributed by atoms with Crippen LogP contribution in [0.4, 0.5) is 0 Å². The van der Waals surface area contributed by atoms with E-state index >= 15 is 0 Å². The normalized spacial score (nSPS) is 12.8. The first-order valence-corrected chi connectivity index (χ1v) is 4.57. The van der Waals surface area contributed by atoms with E-state index in [9.17, 15) is 0 Å². The monoisotopic (exact) mass is 180 g/mol. The van der Waals surface area contributed by atoms with E-state index in [2.05, 4.69) is 6.92 Å². The van der Waals surface area contributed by atoms with Crippen molar-refractivity contribution in [3.63, 3.8) is 0 Å². The van der Waals surface area contributed by atoms with Gasteiger partial charge in [-0.3, -0.25) is 0 Å². The molecule has 0 fully saturated rings. The molecule has 2 nitrogen and oxygen atoms in total. The maximum absolute atomic E-state index is 5.50. The van der Waals surface area contributed by atoms with E-state index in [1.165, 1.54) is 0 Å². The van der Waals surface area contributed by atoms with Gasteiger partial charge in [0.15, 0.2) is 6.29 Å². The number of rotatable bonds is 5. The predicted octanol–water partition coefficient (Wildman–Crippen LogP) is 2.76. The molecule has 72 valence electrons. The van der Waals surface area contributed by atoms with Crippen molar-refractivity contribution in [2.24, 2.45) is 0 Å². The highest BCUT2D eigenvalue weighted by Gasteiger charge is 2.08. The SMILES string of the molecule is CCCO[C@@H](OC)c1ccccc1. The summed E-state index contributed by atoms with van der Waals surface area (Å²) < 4.78 is 10.7. The molecule has 0 bridgehead atoms. The zero-order valence-corrected chi connectivity index (χ0v) is 8.19. The molecule has 0 aromatic heterocycles. The maximum Gasteiger partial charge on any atom is 0.183 e. The quantitative estimate of drug-likeness (QED) is 0.649. The molecule has 0 N–H and O–H groups in total. The molecule has 0 aliphatic carbocycles. The van der Waals surface area contributed by atoms with Crippen LogP contribution >= 0.6 is 0 Å². The van der Waals surface area contributed by atoms with Gasteiger partial charge in [-0.05, 0) is 6.42 Å². The molecule has 0 saturated carbocycles. The second-order valence-corrected chi connectivity index (χ2v) is 2.85.